The summed E-state index contributed by atoms with van der Waals surface area (Å²) >= 11 is 3.05. The molecule has 2 N–H and O–H groups in total. The maximum atomic E-state index is 10.9. The molecule has 0 amide bonds. The van der Waals surface area contributed by atoms with Crippen molar-refractivity contribution < 1.29 is 14.6 Å². The molecular formula is C23H30N2O3S2. The molecule has 1 aliphatic heterocycles. The van der Waals surface area contributed by atoms with Crippen molar-refractivity contribution in [2.75, 3.05) is 24.3 Å². The van der Waals surface area contributed by atoms with Gasteiger partial charge in [0.15, 0.2) is 0 Å². The Bertz CT molecular complexity index is 863. The SMILES string of the molecule is CCCCC1(C)CN(c2ccccc2)c2cc(OC)c(CSCC(=O)O)cc2SN1. The first-order chi connectivity index (χ1) is 14.5. The highest BCUT2D eigenvalue weighted by molar-refractivity contribution is 7.99. The average molecular weight is 447 g/mol. The molecule has 0 spiro atoms. The number of hydrogen-bond acceptors (Lipinski definition) is 6. The lowest BCUT2D eigenvalue weighted by Crippen LogP contribution is -2.46. The highest BCUT2D eigenvalue weighted by Gasteiger charge is 2.32. The van der Waals surface area contributed by atoms with Crippen molar-refractivity contribution in [1.29, 1.82) is 0 Å². The number of aliphatic carboxylic acids is 1. The quantitative estimate of drug-likeness (QED) is 0.478. The molecule has 3 rings (SSSR count). The molecular weight excluding hydrogens is 416 g/mol. The van der Waals surface area contributed by atoms with Gasteiger partial charge in [-0.25, -0.2) is 0 Å². The van der Waals surface area contributed by atoms with E-state index in [1.807, 2.05) is 6.07 Å². The van der Waals surface area contributed by atoms with E-state index < -0.39 is 5.97 Å². The van der Waals surface area contributed by atoms with Crippen molar-refractivity contribution >= 4 is 41.1 Å². The van der Waals surface area contributed by atoms with Gasteiger partial charge in [-0.15, -0.1) is 11.8 Å². The maximum Gasteiger partial charge on any atom is 0.313 e. The zero-order valence-corrected chi connectivity index (χ0v) is 19.4. The zero-order chi connectivity index (χ0) is 21.6. The predicted octanol–water partition coefficient (Wildman–Crippen LogP) is 5.71. The lowest BCUT2D eigenvalue weighted by atomic mass is 9.95. The first-order valence-electron chi connectivity index (χ1n) is 10.2. The van der Waals surface area contributed by atoms with Crippen LogP contribution in [0, 0.1) is 0 Å². The number of carboxylic acids is 1. The summed E-state index contributed by atoms with van der Waals surface area (Å²) < 4.78 is 9.41. The molecule has 7 heteroatoms. The minimum atomic E-state index is -0.799. The highest BCUT2D eigenvalue weighted by Crippen LogP contribution is 2.43. The van der Waals surface area contributed by atoms with E-state index in [1.165, 1.54) is 24.6 Å². The number of methoxy groups -OCH3 is 1. The number of ether oxygens (including phenoxy) is 1. The Kier molecular flexibility index (Phi) is 7.97. The Morgan fingerprint density at radius 1 is 1.33 bits per heavy atom. The van der Waals surface area contributed by atoms with E-state index in [1.54, 1.807) is 19.1 Å². The molecule has 1 unspecified atom stereocenters. The number of fused-ring (bicyclic) bond motifs is 1. The lowest BCUT2D eigenvalue weighted by molar-refractivity contribution is -0.133. The van der Waals surface area contributed by atoms with Crippen molar-refractivity contribution in [2.24, 2.45) is 0 Å². The molecule has 0 aliphatic carbocycles. The molecule has 0 bridgehead atoms. The average Bonchev–Trinajstić information content (AvgIpc) is 2.89. The third-order valence-corrected chi connectivity index (χ3v) is 7.31. The van der Waals surface area contributed by atoms with Gasteiger partial charge in [-0.3, -0.25) is 9.52 Å². The van der Waals surface area contributed by atoms with Crippen molar-refractivity contribution in [3.05, 3.63) is 48.0 Å². The van der Waals surface area contributed by atoms with Crippen molar-refractivity contribution in [2.45, 2.75) is 49.3 Å². The third kappa shape index (κ3) is 5.65. The van der Waals surface area contributed by atoms with Gasteiger partial charge in [0.05, 0.1) is 18.6 Å². The number of thioether (sulfide) groups is 1. The number of rotatable bonds is 9. The van der Waals surface area contributed by atoms with Crippen LogP contribution in [-0.4, -0.2) is 36.0 Å². The predicted molar refractivity (Wildman–Crippen MR) is 127 cm³/mol. The van der Waals surface area contributed by atoms with Crippen LogP contribution in [0.25, 0.3) is 0 Å². The van der Waals surface area contributed by atoms with Crippen molar-refractivity contribution in [1.82, 2.24) is 4.72 Å². The van der Waals surface area contributed by atoms with Crippen molar-refractivity contribution in [3.63, 3.8) is 0 Å². The van der Waals surface area contributed by atoms with Gasteiger partial charge in [0.25, 0.3) is 0 Å². The van der Waals surface area contributed by atoms with Crippen LogP contribution >= 0.6 is 23.7 Å². The molecule has 0 fully saturated rings. The summed E-state index contributed by atoms with van der Waals surface area (Å²) in [6.07, 6.45) is 3.43. The minimum absolute atomic E-state index is 0.0407. The van der Waals surface area contributed by atoms with Gasteiger partial charge >= 0.3 is 5.97 Å². The van der Waals surface area contributed by atoms with Crippen LogP contribution in [0.1, 0.15) is 38.7 Å². The van der Waals surface area contributed by atoms with Crippen LogP contribution in [0.4, 0.5) is 11.4 Å². The molecule has 0 saturated carbocycles. The summed E-state index contributed by atoms with van der Waals surface area (Å²) in [4.78, 5) is 14.4. The van der Waals surface area contributed by atoms with Gasteiger partial charge in [0.1, 0.15) is 5.75 Å². The fourth-order valence-electron chi connectivity index (χ4n) is 3.62. The van der Waals surface area contributed by atoms with Crippen LogP contribution in [0.15, 0.2) is 47.4 Å². The second-order valence-corrected chi connectivity index (χ2v) is 9.64. The standard InChI is InChI=1S/C23H30N2O3S2/c1-4-5-11-23(2)16-25(18-9-7-6-8-10-18)19-13-20(28-3)17(12-21(19)30-24-23)14-29-15-22(26)27/h6-10,12-13,24H,4-5,11,14-16H2,1-3H3,(H,26,27). The Hall–Kier alpha value is -1.83. The van der Waals surface area contributed by atoms with E-state index >= 15 is 0 Å². The Morgan fingerprint density at radius 3 is 2.77 bits per heavy atom. The summed E-state index contributed by atoms with van der Waals surface area (Å²) in [7, 11) is 1.67. The third-order valence-electron chi connectivity index (χ3n) is 5.20. The normalized spacial score (nSPS) is 18.6. The summed E-state index contributed by atoms with van der Waals surface area (Å²) in [6, 6.07) is 14.7. The Balaban J connectivity index is 2.00. The number of carbonyl (C=O) groups is 1. The molecule has 2 aromatic rings. The fraction of sp³-hybridized carbons (Fsp3) is 0.435. The number of anilines is 2. The van der Waals surface area contributed by atoms with E-state index in [9.17, 15) is 4.79 Å². The largest absolute Gasteiger partial charge is 0.496 e. The lowest BCUT2D eigenvalue weighted by Gasteiger charge is -2.34. The summed E-state index contributed by atoms with van der Waals surface area (Å²) in [5.41, 5.74) is 3.24. The topological polar surface area (TPSA) is 61.8 Å². The Morgan fingerprint density at radius 2 is 2.10 bits per heavy atom. The number of benzene rings is 2. The van der Waals surface area contributed by atoms with Crippen LogP contribution in [0.2, 0.25) is 0 Å². The van der Waals surface area contributed by atoms with Gasteiger partial charge in [0, 0.05) is 40.0 Å². The molecule has 5 nitrogen and oxygen atoms in total. The molecule has 0 aromatic heterocycles. The highest BCUT2D eigenvalue weighted by atomic mass is 32.2. The number of carboxylic acid groups (broad SMARTS) is 1. The number of nitrogens with zero attached hydrogens (tertiary/aromatic N) is 1. The number of hydrogen-bond donors (Lipinski definition) is 2. The summed E-state index contributed by atoms with van der Waals surface area (Å²) in [5, 5.41) is 8.96. The first kappa shape index (κ1) is 22.8. The second-order valence-electron chi connectivity index (χ2n) is 7.81. The van der Waals surface area contributed by atoms with Crippen LogP contribution in [0.3, 0.4) is 0 Å². The van der Waals surface area contributed by atoms with E-state index in [4.69, 9.17) is 9.84 Å². The zero-order valence-electron chi connectivity index (χ0n) is 17.8. The minimum Gasteiger partial charge on any atom is -0.496 e. The van der Waals surface area contributed by atoms with E-state index in [2.05, 4.69) is 59.9 Å². The van der Waals surface area contributed by atoms with Crippen LogP contribution in [0.5, 0.6) is 5.75 Å². The maximum absolute atomic E-state index is 10.9. The second kappa shape index (κ2) is 10.5. The van der Waals surface area contributed by atoms with Gasteiger partial charge in [0.2, 0.25) is 0 Å². The van der Waals surface area contributed by atoms with Gasteiger partial charge in [-0.1, -0.05) is 38.0 Å². The molecule has 0 saturated heterocycles. The Labute approximate surface area is 187 Å². The molecule has 0 radical (unpaired) electrons. The monoisotopic (exact) mass is 446 g/mol. The van der Waals surface area contributed by atoms with Crippen LogP contribution in [-0.2, 0) is 10.5 Å². The number of para-hydroxylation sites is 1. The number of unbranched alkanes of at least 4 members (excludes halogenated alkanes) is 1. The smallest absolute Gasteiger partial charge is 0.313 e. The molecule has 1 heterocycles. The first-order valence-corrected chi connectivity index (χ1v) is 12.2. The molecule has 1 aliphatic rings. The number of nitrogens with one attached hydrogen (secondary N) is 1. The molecule has 162 valence electrons. The van der Waals surface area contributed by atoms with Gasteiger partial charge in [-0.05, 0) is 43.5 Å². The van der Waals surface area contributed by atoms with Crippen molar-refractivity contribution in [3.8, 4) is 5.75 Å². The van der Waals surface area contributed by atoms with E-state index in [0.29, 0.717) is 5.75 Å². The van der Waals surface area contributed by atoms with E-state index in [-0.39, 0.29) is 11.3 Å². The fourth-order valence-corrected chi connectivity index (χ4v) is 5.34. The van der Waals surface area contributed by atoms with Crippen LogP contribution < -0.4 is 14.4 Å². The molecule has 1 atom stereocenters. The molecule has 2 aromatic carbocycles. The summed E-state index contributed by atoms with van der Waals surface area (Å²) in [5.74, 6) is 0.676. The van der Waals surface area contributed by atoms with Gasteiger partial charge in [-0.2, -0.15) is 0 Å². The molecule has 30 heavy (non-hydrogen) atoms. The van der Waals surface area contributed by atoms with Gasteiger partial charge < -0.3 is 14.7 Å². The van der Waals surface area contributed by atoms with E-state index in [0.717, 1.165) is 40.5 Å². The summed E-state index contributed by atoms with van der Waals surface area (Å²) in [6.45, 7) is 5.37.